The van der Waals surface area contributed by atoms with E-state index in [-0.39, 0.29) is 0 Å². The van der Waals surface area contributed by atoms with Crippen molar-refractivity contribution in [3.8, 4) is 0 Å². The molecule has 1 aromatic carbocycles. The lowest BCUT2D eigenvalue weighted by atomic mass is 10.1. The highest BCUT2D eigenvalue weighted by Gasteiger charge is 1.98. The van der Waals surface area contributed by atoms with Gasteiger partial charge in [-0.3, -0.25) is 0 Å². The average molecular weight is 278 g/mol. The molecular weight excluding hydrogens is 256 g/mol. The first-order valence-electron chi connectivity index (χ1n) is 6.55. The van der Waals surface area contributed by atoms with Crippen molar-refractivity contribution in [3.63, 3.8) is 0 Å². The highest BCUT2D eigenvalue weighted by atomic mass is 16.5. The summed E-state index contributed by atoms with van der Waals surface area (Å²) in [6.07, 6.45) is 2.83. The molecule has 0 aliphatic rings. The van der Waals surface area contributed by atoms with Gasteiger partial charge in [-0.25, -0.2) is 0 Å². The molecule has 0 saturated heterocycles. The second-order valence-electron chi connectivity index (χ2n) is 4.00. The topological polar surface area (TPSA) is 36.9 Å². The first kappa shape index (κ1) is 16.3. The number of benzene rings is 1. The standard InChI is InChI=1S/C16H22O4/c1-3-17-8-10-19-13-15-6-5-7-16(12-15)14-20-11-9-18-4-2/h3-7,12H,1-2,8-11,13-14H2. The van der Waals surface area contributed by atoms with Crippen LogP contribution in [0.4, 0.5) is 0 Å². The molecule has 0 amide bonds. The van der Waals surface area contributed by atoms with Crippen LogP contribution in [-0.4, -0.2) is 26.4 Å². The van der Waals surface area contributed by atoms with Crippen molar-refractivity contribution < 1.29 is 18.9 Å². The molecule has 1 aromatic rings. The van der Waals surface area contributed by atoms with E-state index in [0.29, 0.717) is 39.6 Å². The van der Waals surface area contributed by atoms with Gasteiger partial charge in [0.1, 0.15) is 13.2 Å². The van der Waals surface area contributed by atoms with Crippen LogP contribution in [0.15, 0.2) is 49.9 Å². The van der Waals surface area contributed by atoms with Crippen LogP contribution in [0, 0.1) is 0 Å². The van der Waals surface area contributed by atoms with E-state index in [0.717, 1.165) is 11.1 Å². The minimum Gasteiger partial charge on any atom is -0.499 e. The molecule has 0 bridgehead atoms. The highest BCUT2D eigenvalue weighted by Crippen LogP contribution is 2.08. The van der Waals surface area contributed by atoms with Crippen molar-refractivity contribution in [3.05, 3.63) is 61.1 Å². The molecule has 0 heterocycles. The minimum absolute atomic E-state index is 0.523. The summed E-state index contributed by atoms with van der Waals surface area (Å²) >= 11 is 0. The quantitative estimate of drug-likeness (QED) is 0.435. The lowest BCUT2D eigenvalue weighted by molar-refractivity contribution is 0.0723. The highest BCUT2D eigenvalue weighted by molar-refractivity contribution is 5.22. The van der Waals surface area contributed by atoms with Crippen LogP contribution >= 0.6 is 0 Å². The number of hydrogen-bond donors (Lipinski definition) is 0. The lowest BCUT2D eigenvalue weighted by Crippen LogP contribution is -2.03. The minimum atomic E-state index is 0.523. The van der Waals surface area contributed by atoms with E-state index >= 15 is 0 Å². The molecule has 0 fully saturated rings. The van der Waals surface area contributed by atoms with Gasteiger partial charge in [-0.2, -0.15) is 0 Å². The van der Waals surface area contributed by atoms with Crippen LogP contribution in [-0.2, 0) is 32.2 Å². The summed E-state index contributed by atoms with van der Waals surface area (Å²) < 4.78 is 20.9. The van der Waals surface area contributed by atoms with Crippen LogP contribution in [0.3, 0.4) is 0 Å². The van der Waals surface area contributed by atoms with E-state index in [1.807, 2.05) is 18.2 Å². The Bertz CT molecular complexity index is 357. The molecule has 0 saturated carbocycles. The first-order valence-corrected chi connectivity index (χ1v) is 6.55. The van der Waals surface area contributed by atoms with Gasteiger partial charge >= 0.3 is 0 Å². The smallest absolute Gasteiger partial charge is 0.111 e. The Balaban J connectivity index is 2.22. The molecule has 4 heteroatoms. The largest absolute Gasteiger partial charge is 0.499 e. The predicted molar refractivity (Wildman–Crippen MR) is 78.1 cm³/mol. The van der Waals surface area contributed by atoms with Gasteiger partial charge < -0.3 is 18.9 Å². The summed E-state index contributed by atoms with van der Waals surface area (Å²) in [5.41, 5.74) is 2.24. The maximum Gasteiger partial charge on any atom is 0.111 e. The SMILES string of the molecule is C=COCCOCc1cccc(COCCOC=C)c1. The van der Waals surface area contributed by atoms with Crippen LogP contribution in [0.25, 0.3) is 0 Å². The van der Waals surface area contributed by atoms with Crippen LogP contribution < -0.4 is 0 Å². The molecule has 0 unspecified atom stereocenters. The lowest BCUT2D eigenvalue weighted by Gasteiger charge is -2.07. The van der Waals surface area contributed by atoms with E-state index in [1.54, 1.807) is 0 Å². The third kappa shape index (κ3) is 7.61. The van der Waals surface area contributed by atoms with E-state index in [1.165, 1.54) is 12.5 Å². The van der Waals surface area contributed by atoms with E-state index < -0.39 is 0 Å². The summed E-state index contributed by atoms with van der Waals surface area (Å²) in [7, 11) is 0. The molecule has 0 spiro atoms. The summed E-state index contributed by atoms with van der Waals surface area (Å²) in [5, 5.41) is 0. The Kier molecular flexibility index (Phi) is 9.02. The van der Waals surface area contributed by atoms with Crippen molar-refractivity contribution in [1.82, 2.24) is 0 Å². The van der Waals surface area contributed by atoms with Crippen molar-refractivity contribution in [2.24, 2.45) is 0 Å². The average Bonchev–Trinajstić information content (AvgIpc) is 2.47. The zero-order chi connectivity index (χ0) is 14.5. The van der Waals surface area contributed by atoms with Gasteiger partial charge in [0.05, 0.1) is 39.0 Å². The molecule has 1 rings (SSSR count). The van der Waals surface area contributed by atoms with E-state index in [4.69, 9.17) is 18.9 Å². The van der Waals surface area contributed by atoms with Crippen LogP contribution in [0.1, 0.15) is 11.1 Å². The van der Waals surface area contributed by atoms with Crippen molar-refractivity contribution in [1.29, 1.82) is 0 Å². The molecule has 0 aliphatic heterocycles. The Morgan fingerprint density at radius 2 is 1.30 bits per heavy atom. The second kappa shape index (κ2) is 11.1. The summed E-state index contributed by atoms with van der Waals surface area (Å²) in [6, 6.07) is 8.12. The number of rotatable bonds is 12. The van der Waals surface area contributed by atoms with Crippen molar-refractivity contribution in [2.75, 3.05) is 26.4 Å². The molecule has 0 aromatic heterocycles. The third-order valence-electron chi connectivity index (χ3n) is 2.46. The van der Waals surface area contributed by atoms with Crippen LogP contribution in [0.5, 0.6) is 0 Å². The molecule has 0 radical (unpaired) electrons. The second-order valence-corrected chi connectivity index (χ2v) is 4.00. The van der Waals surface area contributed by atoms with Gasteiger partial charge in [-0.1, -0.05) is 37.4 Å². The van der Waals surface area contributed by atoms with Gasteiger partial charge in [-0.15, -0.1) is 0 Å². The van der Waals surface area contributed by atoms with Gasteiger partial charge in [0.15, 0.2) is 0 Å². The Hall–Kier alpha value is -1.78. The fourth-order valence-corrected chi connectivity index (χ4v) is 1.57. The molecule has 0 aliphatic carbocycles. The van der Waals surface area contributed by atoms with Gasteiger partial charge in [-0.05, 0) is 11.1 Å². The number of hydrogen-bond acceptors (Lipinski definition) is 4. The Labute approximate surface area is 120 Å². The molecule has 0 N–H and O–H groups in total. The number of ether oxygens (including phenoxy) is 4. The predicted octanol–water partition coefficient (Wildman–Crippen LogP) is 3.04. The Morgan fingerprint density at radius 1 is 0.800 bits per heavy atom. The maximum atomic E-state index is 5.49. The van der Waals surface area contributed by atoms with Crippen molar-refractivity contribution >= 4 is 0 Å². The third-order valence-corrected chi connectivity index (χ3v) is 2.46. The van der Waals surface area contributed by atoms with Gasteiger partial charge in [0.25, 0.3) is 0 Å². The summed E-state index contributed by atoms with van der Waals surface area (Å²) in [6.45, 7) is 10.2. The summed E-state index contributed by atoms with van der Waals surface area (Å²) in [4.78, 5) is 0. The molecule has 0 atom stereocenters. The molecular formula is C16H22O4. The molecule has 4 nitrogen and oxygen atoms in total. The van der Waals surface area contributed by atoms with E-state index in [9.17, 15) is 0 Å². The van der Waals surface area contributed by atoms with Gasteiger partial charge in [0, 0.05) is 0 Å². The van der Waals surface area contributed by atoms with Crippen molar-refractivity contribution in [2.45, 2.75) is 13.2 Å². The normalized spacial score (nSPS) is 10.0. The Morgan fingerprint density at radius 3 is 1.75 bits per heavy atom. The van der Waals surface area contributed by atoms with Gasteiger partial charge in [0.2, 0.25) is 0 Å². The molecule has 20 heavy (non-hydrogen) atoms. The maximum absolute atomic E-state index is 5.49. The molecule has 110 valence electrons. The van der Waals surface area contributed by atoms with Crippen LogP contribution in [0.2, 0.25) is 0 Å². The fourth-order valence-electron chi connectivity index (χ4n) is 1.57. The zero-order valence-corrected chi connectivity index (χ0v) is 11.8. The zero-order valence-electron chi connectivity index (χ0n) is 11.8. The first-order chi connectivity index (χ1) is 9.86. The monoisotopic (exact) mass is 278 g/mol. The fraction of sp³-hybridized carbons (Fsp3) is 0.375. The van der Waals surface area contributed by atoms with E-state index in [2.05, 4.69) is 19.2 Å². The summed E-state index contributed by atoms with van der Waals surface area (Å²) in [5.74, 6) is 0.